The number of ether oxygens (including phenoxy) is 1. The van der Waals surface area contributed by atoms with Gasteiger partial charge in [0.1, 0.15) is 17.2 Å². The maximum absolute atomic E-state index is 15.3. The largest absolute Gasteiger partial charge is 0.383 e. The molecule has 1 aromatic carbocycles. The molecule has 0 atom stereocenters. The second-order valence-electron chi connectivity index (χ2n) is 10.9. The number of halogens is 2. The van der Waals surface area contributed by atoms with E-state index >= 15 is 4.39 Å². The van der Waals surface area contributed by atoms with Gasteiger partial charge in [0.25, 0.3) is 0 Å². The van der Waals surface area contributed by atoms with Gasteiger partial charge in [0.05, 0.1) is 29.2 Å². The Bertz CT molecular complexity index is 1250. The molecule has 2 saturated heterocycles. The van der Waals surface area contributed by atoms with Crippen molar-refractivity contribution < 1.29 is 9.13 Å². The maximum Gasteiger partial charge on any atom is 0.159 e. The first-order chi connectivity index (χ1) is 18.6. The SMILES string of the molecule is COCCN1CCN(c2ccc(-c3nc4c(NC5CCN(CC6CC6)CC5)c(Cl)cnc4[nH]3)cc2F)CC1. The highest BCUT2D eigenvalue weighted by Gasteiger charge is 2.28. The minimum absolute atomic E-state index is 0.240. The van der Waals surface area contributed by atoms with Crippen LogP contribution in [0.2, 0.25) is 5.02 Å². The van der Waals surface area contributed by atoms with Crippen LogP contribution < -0.4 is 10.2 Å². The first-order valence-electron chi connectivity index (χ1n) is 13.9. The van der Waals surface area contributed by atoms with E-state index in [0.717, 1.165) is 76.9 Å². The highest BCUT2D eigenvalue weighted by Crippen LogP contribution is 2.34. The van der Waals surface area contributed by atoms with Crippen LogP contribution in [0.3, 0.4) is 0 Å². The Labute approximate surface area is 228 Å². The van der Waals surface area contributed by atoms with Gasteiger partial charge in [-0.1, -0.05) is 11.6 Å². The number of aromatic nitrogens is 3. The molecule has 0 spiro atoms. The summed E-state index contributed by atoms with van der Waals surface area (Å²) < 4.78 is 20.5. The van der Waals surface area contributed by atoms with Crippen LogP contribution in [-0.4, -0.2) is 96.9 Å². The molecule has 204 valence electrons. The number of piperazine rings is 1. The Hall–Kier alpha value is -2.46. The molecule has 6 rings (SSSR count). The van der Waals surface area contributed by atoms with E-state index in [2.05, 4.69) is 30.0 Å². The van der Waals surface area contributed by atoms with Gasteiger partial charge < -0.3 is 24.8 Å². The number of H-pyrrole nitrogens is 1. The predicted octanol–water partition coefficient (Wildman–Crippen LogP) is 4.47. The second-order valence-corrected chi connectivity index (χ2v) is 11.3. The number of aromatic amines is 1. The number of imidazole rings is 1. The third-order valence-electron chi connectivity index (χ3n) is 8.16. The van der Waals surface area contributed by atoms with Crippen molar-refractivity contribution in [3.8, 4) is 11.4 Å². The Morgan fingerprint density at radius 3 is 2.58 bits per heavy atom. The average molecular weight is 542 g/mol. The van der Waals surface area contributed by atoms with E-state index in [1.807, 2.05) is 12.1 Å². The molecule has 1 saturated carbocycles. The summed E-state index contributed by atoms with van der Waals surface area (Å²) in [5.74, 6) is 1.27. The van der Waals surface area contributed by atoms with Gasteiger partial charge in [-0.2, -0.15) is 0 Å². The lowest BCUT2D eigenvalue weighted by Gasteiger charge is -2.36. The summed E-state index contributed by atoms with van der Waals surface area (Å²) >= 11 is 6.59. The van der Waals surface area contributed by atoms with E-state index in [1.165, 1.54) is 19.4 Å². The fourth-order valence-electron chi connectivity index (χ4n) is 5.68. The molecule has 0 unspecified atom stereocenters. The number of anilines is 2. The van der Waals surface area contributed by atoms with Gasteiger partial charge in [-0.15, -0.1) is 0 Å². The van der Waals surface area contributed by atoms with Gasteiger partial charge >= 0.3 is 0 Å². The summed E-state index contributed by atoms with van der Waals surface area (Å²) in [6.45, 7) is 8.48. The molecule has 3 aromatic rings. The monoisotopic (exact) mass is 541 g/mol. The fourth-order valence-corrected chi connectivity index (χ4v) is 5.87. The quantitative estimate of drug-likeness (QED) is 0.414. The smallest absolute Gasteiger partial charge is 0.159 e. The lowest BCUT2D eigenvalue weighted by atomic mass is 10.0. The zero-order valence-corrected chi connectivity index (χ0v) is 22.8. The number of likely N-dealkylation sites (tertiary alicyclic amines) is 1. The van der Waals surface area contributed by atoms with E-state index in [0.29, 0.717) is 39.3 Å². The van der Waals surface area contributed by atoms with Crippen molar-refractivity contribution in [3.63, 3.8) is 0 Å². The Morgan fingerprint density at radius 2 is 1.87 bits per heavy atom. The molecule has 8 nitrogen and oxygen atoms in total. The first kappa shape index (κ1) is 25.8. The van der Waals surface area contributed by atoms with Gasteiger partial charge in [-0.3, -0.25) is 4.90 Å². The van der Waals surface area contributed by atoms with Crippen molar-refractivity contribution in [2.45, 2.75) is 31.7 Å². The van der Waals surface area contributed by atoms with Crippen molar-refractivity contribution in [2.75, 3.05) is 76.3 Å². The number of benzene rings is 1. The van der Waals surface area contributed by atoms with E-state index in [1.54, 1.807) is 19.4 Å². The second kappa shape index (κ2) is 11.3. The van der Waals surface area contributed by atoms with Crippen molar-refractivity contribution in [1.82, 2.24) is 24.8 Å². The molecule has 0 bridgehead atoms. The zero-order chi connectivity index (χ0) is 26.1. The summed E-state index contributed by atoms with van der Waals surface area (Å²) in [7, 11) is 1.72. The van der Waals surface area contributed by atoms with Crippen molar-refractivity contribution >= 4 is 34.1 Å². The molecule has 2 N–H and O–H groups in total. The summed E-state index contributed by atoms with van der Waals surface area (Å²) in [4.78, 5) is 19.6. The third-order valence-corrected chi connectivity index (χ3v) is 8.45. The van der Waals surface area contributed by atoms with Gasteiger partial charge in [0.15, 0.2) is 5.65 Å². The van der Waals surface area contributed by atoms with Crippen molar-refractivity contribution in [2.24, 2.45) is 5.92 Å². The van der Waals surface area contributed by atoms with Crippen LogP contribution in [0.15, 0.2) is 24.4 Å². The molecule has 0 amide bonds. The molecule has 38 heavy (non-hydrogen) atoms. The first-order valence-corrected chi connectivity index (χ1v) is 14.2. The Morgan fingerprint density at radius 1 is 1.08 bits per heavy atom. The van der Waals surface area contributed by atoms with Crippen LogP contribution in [0.4, 0.5) is 15.8 Å². The van der Waals surface area contributed by atoms with E-state index < -0.39 is 0 Å². The number of fused-ring (bicyclic) bond motifs is 1. The lowest BCUT2D eigenvalue weighted by molar-refractivity contribution is 0.144. The highest BCUT2D eigenvalue weighted by atomic mass is 35.5. The minimum Gasteiger partial charge on any atom is -0.383 e. The molecule has 4 heterocycles. The molecule has 2 aliphatic heterocycles. The molecule has 2 aromatic heterocycles. The Balaban J connectivity index is 1.15. The third kappa shape index (κ3) is 5.76. The topological polar surface area (TPSA) is 72.6 Å². The molecule has 1 aliphatic carbocycles. The molecule has 3 fully saturated rings. The van der Waals surface area contributed by atoms with Crippen LogP contribution >= 0.6 is 11.6 Å². The van der Waals surface area contributed by atoms with E-state index in [4.69, 9.17) is 21.3 Å². The van der Waals surface area contributed by atoms with Crippen LogP contribution in [0, 0.1) is 11.7 Å². The normalized spacial score (nSPS) is 19.9. The number of nitrogens with one attached hydrogen (secondary N) is 2. The summed E-state index contributed by atoms with van der Waals surface area (Å²) in [6.07, 6.45) is 6.60. The molecule has 0 radical (unpaired) electrons. The fraction of sp³-hybridized carbons (Fsp3) is 0.571. The molecular weight excluding hydrogens is 505 g/mol. The minimum atomic E-state index is -0.240. The lowest BCUT2D eigenvalue weighted by Crippen LogP contribution is -2.47. The maximum atomic E-state index is 15.3. The number of pyridine rings is 1. The van der Waals surface area contributed by atoms with E-state index in [9.17, 15) is 0 Å². The highest BCUT2D eigenvalue weighted by molar-refractivity contribution is 6.34. The van der Waals surface area contributed by atoms with E-state index in [-0.39, 0.29) is 5.82 Å². The number of methoxy groups -OCH3 is 1. The Kier molecular flexibility index (Phi) is 7.70. The zero-order valence-electron chi connectivity index (χ0n) is 22.1. The summed E-state index contributed by atoms with van der Waals surface area (Å²) in [6, 6.07) is 5.70. The molecular formula is C28H37ClFN7O. The number of hydrogen-bond acceptors (Lipinski definition) is 7. The predicted molar refractivity (Wildman–Crippen MR) is 151 cm³/mol. The van der Waals surface area contributed by atoms with Crippen LogP contribution in [0.5, 0.6) is 0 Å². The number of hydrogen-bond donors (Lipinski definition) is 2. The number of nitrogens with zero attached hydrogens (tertiary/aromatic N) is 5. The van der Waals surface area contributed by atoms with Crippen molar-refractivity contribution in [1.29, 1.82) is 0 Å². The summed E-state index contributed by atoms with van der Waals surface area (Å²) in [5.41, 5.74) is 3.48. The van der Waals surface area contributed by atoms with Crippen LogP contribution in [-0.2, 0) is 4.74 Å². The van der Waals surface area contributed by atoms with Crippen LogP contribution in [0.1, 0.15) is 25.7 Å². The van der Waals surface area contributed by atoms with Gasteiger partial charge in [-0.25, -0.2) is 14.4 Å². The van der Waals surface area contributed by atoms with Gasteiger partial charge in [0.2, 0.25) is 0 Å². The number of piperidine rings is 1. The van der Waals surface area contributed by atoms with Gasteiger partial charge in [-0.05, 0) is 49.8 Å². The molecule has 3 aliphatic rings. The average Bonchev–Trinajstić information content (AvgIpc) is 3.65. The summed E-state index contributed by atoms with van der Waals surface area (Å²) in [5, 5.41) is 4.21. The molecule has 10 heteroatoms. The number of rotatable bonds is 9. The standard InChI is InChI=1S/C28H37ClFN7O/c1-38-15-14-35-10-12-37(13-11-35)24-5-4-20(16-23(24)30)27-33-26-25(22(29)17-31-28(26)34-27)32-21-6-8-36(9-7-21)18-19-2-3-19/h4-5,16-17,19,21H,2-3,6-15,18H2,1H3,(H2,31,32,33,34). The van der Waals surface area contributed by atoms with Crippen LogP contribution in [0.25, 0.3) is 22.6 Å². The van der Waals surface area contributed by atoms with Crippen molar-refractivity contribution in [3.05, 3.63) is 35.2 Å². The van der Waals surface area contributed by atoms with Gasteiger partial charge in [0, 0.05) is 71.1 Å².